The number of hydrogen-bond acceptors (Lipinski definition) is 2. The Kier molecular flexibility index (Phi) is 6.90. The third kappa shape index (κ3) is 4.88. The van der Waals surface area contributed by atoms with Crippen LogP contribution in [0.2, 0.25) is 0 Å². The molecule has 0 aliphatic carbocycles. The maximum Gasteiger partial charge on any atom is 0.143 e. The molecular weight excluding hydrogens is 655 g/mol. The lowest BCUT2D eigenvalue weighted by Crippen LogP contribution is -2.10. The molecule has 11 aromatic rings. The van der Waals surface area contributed by atoms with Crippen LogP contribution in [0.3, 0.4) is 0 Å². The van der Waals surface area contributed by atoms with E-state index in [9.17, 15) is 0 Å². The topological polar surface area (TPSA) is 16.4 Å². The first-order chi connectivity index (χ1) is 26.8. The van der Waals surface area contributed by atoms with Crippen LogP contribution in [0, 0.1) is 0 Å². The Bertz CT molecular complexity index is 3210. The van der Waals surface area contributed by atoms with E-state index in [-0.39, 0.29) is 0 Å². The minimum atomic E-state index is 0.881. The fourth-order valence-electron chi connectivity index (χ4n) is 8.44. The van der Waals surface area contributed by atoms with Crippen LogP contribution < -0.4 is 4.90 Å². The van der Waals surface area contributed by atoms with Gasteiger partial charge in [0.25, 0.3) is 0 Å². The zero-order valence-electron chi connectivity index (χ0n) is 29.4. The van der Waals surface area contributed by atoms with E-state index >= 15 is 0 Å². The van der Waals surface area contributed by atoms with Gasteiger partial charge in [-0.15, -0.1) is 0 Å². The van der Waals surface area contributed by atoms with E-state index in [1.54, 1.807) is 0 Å². The van der Waals surface area contributed by atoms with Gasteiger partial charge in [-0.1, -0.05) is 146 Å². The number of rotatable bonds is 5. The van der Waals surface area contributed by atoms with Crippen LogP contribution in [-0.4, -0.2) is 0 Å². The molecule has 0 N–H and O–H groups in total. The van der Waals surface area contributed by atoms with Crippen LogP contribution in [0.4, 0.5) is 17.1 Å². The molecule has 0 aliphatic rings. The van der Waals surface area contributed by atoms with Gasteiger partial charge in [0.05, 0.1) is 0 Å². The van der Waals surface area contributed by atoms with E-state index in [0.29, 0.717) is 0 Å². The lowest BCUT2D eigenvalue weighted by molar-refractivity contribution is 0.672. The van der Waals surface area contributed by atoms with Crippen molar-refractivity contribution < 1.29 is 4.42 Å². The van der Waals surface area contributed by atoms with Crippen molar-refractivity contribution in [3.63, 3.8) is 0 Å². The molecule has 0 spiro atoms. The van der Waals surface area contributed by atoms with E-state index in [1.165, 1.54) is 60.0 Å². The molecule has 0 amide bonds. The van der Waals surface area contributed by atoms with Crippen molar-refractivity contribution >= 4 is 82.1 Å². The maximum absolute atomic E-state index is 6.57. The Morgan fingerprint density at radius 3 is 1.69 bits per heavy atom. The monoisotopic (exact) mass is 687 g/mol. The van der Waals surface area contributed by atoms with Crippen LogP contribution in [0.25, 0.3) is 87.3 Å². The molecule has 0 aliphatic heterocycles. The molecule has 0 atom stereocenters. The molecular formula is C52H33NO. The Hall–Kier alpha value is -7.16. The third-order valence-electron chi connectivity index (χ3n) is 11.0. The van der Waals surface area contributed by atoms with E-state index in [0.717, 1.165) is 44.4 Å². The molecule has 0 radical (unpaired) electrons. The second-order valence-electron chi connectivity index (χ2n) is 14.1. The summed E-state index contributed by atoms with van der Waals surface area (Å²) in [5.74, 6) is 0. The third-order valence-corrected chi connectivity index (χ3v) is 11.0. The molecule has 1 aromatic heterocycles. The molecule has 2 heteroatoms. The van der Waals surface area contributed by atoms with E-state index < -0.39 is 0 Å². The number of fused-ring (bicyclic) bond motifs is 9. The summed E-state index contributed by atoms with van der Waals surface area (Å²) in [5, 5.41) is 11.9. The van der Waals surface area contributed by atoms with Crippen molar-refractivity contribution in [3.8, 4) is 22.3 Å². The average molecular weight is 688 g/mol. The van der Waals surface area contributed by atoms with E-state index in [1.807, 2.05) is 0 Å². The number of nitrogens with zero attached hydrogens (tertiary/aromatic N) is 1. The lowest BCUT2D eigenvalue weighted by atomic mass is 9.90. The maximum atomic E-state index is 6.57. The summed E-state index contributed by atoms with van der Waals surface area (Å²) in [7, 11) is 0. The quantitative estimate of drug-likeness (QED) is 0.168. The van der Waals surface area contributed by atoms with Crippen molar-refractivity contribution in [1.82, 2.24) is 0 Å². The van der Waals surface area contributed by atoms with Crippen molar-refractivity contribution in [2.24, 2.45) is 0 Å². The minimum absolute atomic E-state index is 0.881. The first-order valence-electron chi connectivity index (χ1n) is 18.5. The van der Waals surface area contributed by atoms with Gasteiger partial charge < -0.3 is 9.32 Å². The second kappa shape index (κ2) is 12.2. The van der Waals surface area contributed by atoms with Crippen molar-refractivity contribution in [3.05, 3.63) is 200 Å². The van der Waals surface area contributed by atoms with Gasteiger partial charge >= 0.3 is 0 Å². The fourth-order valence-corrected chi connectivity index (χ4v) is 8.44. The van der Waals surface area contributed by atoms with Gasteiger partial charge in [-0.25, -0.2) is 0 Å². The van der Waals surface area contributed by atoms with Crippen LogP contribution in [0.15, 0.2) is 205 Å². The standard InChI is InChI=1S/C52H33NO/c1-2-12-34(13-3-1)35-22-25-39(26-23-35)53(40-27-29-51-50(32-40)47-28-24-36-14-4-9-19-44(36)52(47)54-51)41-30-37-15-5-8-18-43(37)49(33-41)48-31-38-16-6-7-17-42(38)45-20-10-11-21-46(45)48/h1-33H. The number of anilines is 3. The summed E-state index contributed by atoms with van der Waals surface area (Å²) in [6, 6.07) is 72.4. The van der Waals surface area contributed by atoms with Gasteiger partial charge in [0, 0.05) is 33.2 Å². The molecule has 1 heterocycles. The number of benzene rings is 10. The predicted octanol–water partition coefficient (Wildman–Crippen LogP) is 15.0. The van der Waals surface area contributed by atoms with Gasteiger partial charge in [0.1, 0.15) is 11.2 Å². The highest BCUT2D eigenvalue weighted by Crippen LogP contribution is 2.45. The van der Waals surface area contributed by atoms with Gasteiger partial charge in [-0.2, -0.15) is 0 Å². The van der Waals surface area contributed by atoms with Gasteiger partial charge in [-0.05, 0) is 115 Å². The summed E-state index contributed by atoms with van der Waals surface area (Å²) >= 11 is 0. The largest absolute Gasteiger partial charge is 0.455 e. The zero-order valence-corrected chi connectivity index (χ0v) is 29.4. The predicted molar refractivity (Wildman–Crippen MR) is 229 cm³/mol. The molecule has 0 saturated heterocycles. The molecule has 11 rings (SSSR count). The van der Waals surface area contributed by atoms with Gasteiger partial charge in [0.15, 0.2) is 0 Å². The first kappa shape index (κ1) is 30.5. The summed E-state index contributed by atoms with van der Waals surface area (Å²) in [6.07, 6.45) is 0. The number of hydrogen-bond donors (Lipinski definition) is 0. The Labute approximate surface area is 312 Å². The molecule has 0 unspecified atom stereocenters. The van der Waals surface area contributed by atoms with Gasteiger partial charge in [0.2, 0.25) is 0 Å². The van der Waals surface area contributed by atoms with Gasteiger partial charge in [-0.3, -0.25) is 0 Å². The molecule has 10 aromatic carbocycles. The smallest absolute Gasteiger partial charge is 0.143 e. The molecule has 0 saturated carbocycles. The summed E-state index contributed by atoms with van der Waals surface area (Å²) < 4.78 is 6.57. The Morgan fingerprint density at radius 1 is 0.296 bits per heavy atom. The van der Waals surface area contributed by atoms with E-state index in [2.05, 4.69) is 205 Å². The molecule has 0 bridgehead atoms. The first-order valence-corrected chi connectivity index (χ1v) is 18.5. The molecule has 2 nitrogen and oxygen atoms in total. The average Bonchev–Trinajstić information content (AvgIpc) is 3.62. The van der Waals surface area contributed by atoms with Crippen LogP contribution in [-0.2, 0) is 0 Å². The molecule has 0 fully saturated rings. The van der Waals surface area contributed by atoms with Crippen LogP contribution in [0.5, 0.6) is 0 Å². The highest BCUT2D eigenvalue weighted by atomic mass is 16.3. The van der Waals surface area contributed by atoms with Crippen molar-refractivity contribution in [2.45, 2.75) is 0 Å². The SMILES string of the molecule is c1ccc(-c2ccc(N(c3cc(-c4cc5ccccc5c5ccccc45)c4ccccc4c3)c3ccc4oc5c6ccccc6ccc5c4c3)cc2)cc1. The normalized spacial score (nSPS) is 11.7. The Morgan fingerprint density at radius 2 is 0.889 bits per heavy atom. The highest BCUT2D eigenvalue weighted by molar-refractivity contribution is 6.18. The summed E-state index contributed by atoms with van der Waals surface area (Å²) in [6.45, 7) is 0. The van der Waals surface area contributed by atoms with Crippen LogP contribution >= 0.6 is 0 Å². The summed E-state index contributed by atoms with van der Waals surface area (Å²) in [4.78, 5) is 2.40. The summed E-state index contributed by atoms with van der Waals surface area (Å²) in [5.41, 5.74) is 9.86. The number of furan rings is 1. The van der Waals surface area contributed by atoms with E-state index in [4.69, 9.17) is 4.42 Å². The minimum Gasteiger partial charge on any atom is -0.455 e. The second-order valence-corrected chi connectivity index (χ2v) is 14.1. The highest BCUT2D eigenvalue weighted by Gasteiger charge is 2.20. The molecule has 54 heavy (non-hydrogen) atoms. The lowest BCUT2D eigenvalue weighted by Gasteiger charge is -2.27. The zero-order chi connectivity index (χ0) is 35.6. The Balaban J connectivity index is 1.17. The van der Waals surface area contributed by atoms with Crippen molar-refractivity contribution in [1.29, 1.82) is 0 Å². The molecule has 252 valence electrons. The van der Waals surface area contributed by atoms with Crippen LogP contribution in [0.1, 0.15) is 0 Å². The fraction of sp³-hybridized carbons (Fsp3) is 0. The van der Waals surface area contributed by atoms with Crippen molar-refractivity contribution in [2.75, 3.05) is 4.90 Å².